The SMILES string of the molecule is O=C(CN1CC2(CC2)c2cc(Br)ccc2C1=O)Nc1ncc(F)s1. The van der Waals surface area contributed by atoms with Crippen LogP contribution in [0.1, 0.15) is 28.8 Å². The molecular formula is C16H13BrFN3O2S. The third-order valence-electron chi connectivity index (χ3n) is 4.48. The van der Waals surface area contributed by atoms with Crippen molar-refractivity contribution in [3.05, 3.63) is 45.1 Å². The van der Waals surface area contributed by atoms with Gasteiger partial charge in [0.05, 0.1) is 6.20 Å². The molecule has 4 rings (SSSR count). The van der Waals surface area contributed by atoms with Crippen LogP contribution < -0.4 is 5.32 Å². The predicted molar refractivity (Wildman–Crippen MR) is 91.7 cm³/mol. The van der Waals surface area contributed by atoms with E-state index in [2.05, 4.69) is 26.2 Å². The van der Waals surface area contributed by atoms with Crippen LogP contribution in [-0.2, 0) is 10.2 Å². The molecule has 0 unspecified atom stereocenters. The summed E-state index contributed by atoms with van der Waals surface area (Å²) in [5.41, 5.74) is 1.70. The summed E-state index contributed by atoms with van der Waals surface area (Å²) < 4.78 is 13.9. The van der Waals surface area contributed by atoms with Gasteiger partial charge in [-0.15, -0.1) is 0 Å². The van der Waals surface area contributed by atoms with Crippen molar-refractivity contribution < 1.29 is 14.0 Å². The first-order valence-electron chi connectivity index (χ1n) is 7.47. The van der Waals surface area contributed by atoms with Crippen molar-refractivity contribution in [2.24, 2.45) is 0 Å². The first kappa shape index (κ1) is 15.7. The van der Waals surface area contributed by atoms with Crippen molar-refractivity contribution in [2.75, 3.05) is 18.4 Å². The van der Waals surface area contributed by atoms with Crippen LogP contribution in [0.2, 0.25) is 0 Å². The number of rotatable bonds is 3. The Hall–Kier alpha value is -1.80. The molecule has 1 aromatic heterocycles. The number of fused-ring (bicyclic) bond motifs is 2. The summed E-state index contributed by atoms with van der Waals surface area (Å²) in [6.07, 6.45) is 3.08. The Morgan fingerprint density at radius 2 is 2.25 bits per heavy atom. The zero-order valence-corrected chi connectivity index (χ0v) is 14.9. The topological polar surface area (TPSA) is 62.3 Å². The Balaban J connectivity index is 1.54. The fourth-order valence-electron chi connectivity index (χ4n) is 3.18. The molecule has 5 nitrogen and oxygen atoms in total. The van der Waals surface area contributed by atoms with E-state index in [0.29, 0.717) is 12.1 Å². The highest BCUT2D eigenvalue weighted by atomic mass is 79.9. The maximum absolute atomic E-state index is 12.9. The molecule has 2 heterocycles. The fraction of sp³-hybridized carbons (Fsp3) is 0.312. The number of hydrogen-bond acceptors (Lipinski definition) is 4. The minimum Gasteiger partial charge on any atom is -0.328 e. The highest BCUT2D eigenvalue weighted by Gasteiger charge is 2.51. The van der Waals surface area contributed by atoms with Gasteiger partial charge in [0, 0.05) is 22.0 Å². The Morgan fingerprint density at radius 1 is 1.46 bits per heavy atom. The average Bonchev–Trinajstić information content (AvgIpc) is 3.19. The second kappa shape index (κ2) is 5.63. The van der Waals surface area contributed by atoms with Crippen LogP contribution in [0.5, 0.6) is 0 Å². The molecule has 1 aliphatic carbocycles. The second-order valence-electron chi connectivity index (χ2n) is 6.15. The van der Waals surface area contributed by atoms with Gasteiger partial charge in [-0.3, -0.25) is 9.59 Å². The van der Waals surface area contributed by atoms with E-state index in [0.717, 1.165) is 40.4 Å². The number of nitrogens with zero attached hydrogens (tertiary/aromatic N) is 2. The van der Waals surface area contributed by atoms with Crippen LogP contribution in [0.4, 0.5) is 9.52 Å². The van der Waals surface area contributed by atoms with E-state index in [9.17, 15) is 14.0 Å². The van der Waals surface area contributed by atoms with E-state index in [-0.39, 0.29) is 28.9 Å². The Labute approximate surface area is 150 Å². The lowest BCUT2D eigenvalue weighted by atomic mass is 9.86. The lowest BCUT2D eigenvalue weighted by Gasteiger charge is -2.34. The second-order valence-corrected chi connectivity index (χ2v) is 8.05. The molecule has 124 valence electrons. The minimum atomic E-state index is -0.462. The molecule has 0 atom stereocenters. The zero-order chi connectivity index (χ0) is 16.9. The van der Waals surface area contributed by atoms with Gasteiger partial charge < -0.3 is 10.2 Å². The standard InChI is InChI=1S/C16H13BrFN3O2S/c17-9-1-2-10-11(5-9)16(3-4-16)8-21(14(10)23)7-13(22)20-15-19-6-12(18)24-15/h1-2,5-6H,3-4,7-8H2,(H,19,20,22). The monoisotopic (exact) mass is 409 g/mol. The smallest absolute Gasteiger partial charge is 0.254 e. The molecule has 1 aliphatic heterocycles. The van der Waals surface area contributed by atoms with Gasteiger partial charge in [-0.1, -0.05) is 27.3 Å². The molecule has 0 bridgehead atoms. The van der Waals surface area contributed by atoms with E-state index >= 15 is 0 Å². The maximum atomic E-state index is 12.9. The molecule has 1 N–H and O–H groups in total. The number of aromatic nitrogens is 1. The molecule has 0 radical (unpaired) electrons. The minimum absolute atomic E-state index is 0.0272. The van der Waals surface area contributed by atoms with Crippen LogP contribution in [-0.4, -0.2) is 34.8 Å². The van der Waals surface area contributed by atoms with E-state index < -0.39 is 5.13 Å². The van der Waals surface area contributed by atoms with Crippen LogP contribution in [0.15, 0.2) is 28.9 Å². The number of nitrogens with one attached hydrogen (secondary N) is 1. The lowest BCUT2D eigenvalue weighted by molar-refractivity contribution is -0.117. The Bertz CT molecular complexity index is 850. The van der Waals surface area contributed by atoms with Gasteiger partial charge in [-0.05, 0) is 36.6 Å². The molecule has 0 saturated heterocycles. The predicted octanol–water partition coefficient (Wildman–Crippen LogP) is 3.17. The summed E-state index contributed by atoms with van der Waals surface area (Å²) in [6, 6.07) is 5.66. The van der Waals surface area contributed by atoms with Gasteiger partial charge in [0.25, 0.3) is 5.91 Å². The maximum Gasteiger partial charge on any atom is 0.254 e. The molecular weight excluding hydrogens is 397 g/mol. The molecule has 2 aromatic rings. The van der Waals surface area contributed by atoms with Gasteiger partial charge in [-0.2, -0.15) is 4.39 Å². The lowest BCUT2D eigenvalue weighted by Crippen LogP contribution is -2.46. The molecule has 2 amide bonds. The molecule has 1 saturated carbocycles. The first-order valence-corrected chi connectivity index (χ1v) is 9.08. The van der Waals surface area contributed by atoms with Crippen LogP contribution in [0, 0.1) is 5.13 Å². The number of benzene rings is 1. The van der Waals surface area contributed by atoms with E-state index in [1.165, 1.54) is 0 Å². The van der Waals surface area contributed by atoms with Crippen LogP contribution in [0.3, 0.4) is 0 Å². The van der Waals surface area contributed by atoms with Crippen molar-refractivity contribution >= 4 is 44.2 Å². The number of thiazole rings is 1. The molecule has 1 spiro atoms. The van der Waals surface area contributed by atoms with Gasteiger partial charge >= 0.3 is 0 Å². The fourth-order valence-corrected chi connectivity index (χ4v) is 4.11. The number of carbonyl (C=O) groups is 2. The Morgan fingerprint density at radius 3 is 2.92 bits per heavy atom. The number of carbonyl (C=O) groups excluding carboxylic acids is 2. The van der Waals surface area contributed by atoms with Gasteiger partial charge in [0.1, 0.15) is 6.54 Å². The van der Waals surface area contributed by atoms with Crippen molar-refractivity contribution in [1.82, 2.24) is 9.88 Å². The van der Waals surface area contributed by atoms with Crippen LogP contribution >= 0.6 is 27.3 Å². The van der Waals surface area contributed by atoms with Crippen molar-refractivity contribution in [1.29, 1.82) is 0 Å². The van der Waals surface area contributed by atoms with E-state index in [1.807, 2.05) is 18.2 Å². The summed E-state index contributed by atoms with van der Waals surface area (Å²) in [4.78, 5) is 30.2. The van der Waals surface area contributed by atoms with Crippen molar-refractivity contribution in [2.45, 2.75) is 18.3 Å². The summed E-state index contributed by atoms with van der Waals surface area (Å²) in [5, 5.41) is 2.28. The molecule has 2 aliphatic rings. The number of anilines is 1. The highest BCUT2D eigenvalue weighted by molar-refractivity contribution is 9.10. The van der Waals surface area contributed by atoms with E-state index in [4.69, 9.17) is 0 Å². The van der Waals surface area contributed by atoms with Crippen molar-refractivity contribution in [3.63, 3.8) is 0 Å². The largest absolute Gasteiger partial charge is 0.328 e. The van der Waals surface area contributed by atoms with Crippen molar-refractivity contribution in [3.8, 4) is 0 Å². The van der Waals surface area contributed by atoms with Gasteiger partial charge in [-0.25, -0.2) is 4.98 Å². The number of amides is 2. The summed E-state index contributed by atoms with van der Waals surface area (Å²) in [6.45, 7) is 0.478. The quantitative estimate of drug-likeness (QED) is 0.846. The third-order valence-corrected chi connectivity index (χ3v) is 5.67. The molecule has 1 aromatic carbocycles. The summed E-state index contributed by atoms with van der Waals surface area (Å²) in [5.74, 6) is -0.510. The summed E-state index contributed by atoms with van der Waals surface area (Å²) in [7, 11) is 0. The highest BCUT2D eigenvalue weighted by Crippen LogP contribution is 2.52. The average molecular weight is 410 g/mol. The van der Waals surface area contributed by atoms with Crippen LogP contribution in [0.25, 0.3) is 0 Å². The molecule has 24 heavy (non-hydrogen) atoms. The number of halogens is 2. The third kappa shape index (κ3) is 2.73. The number of hydrogen-bond donors (Lipinski definition) is 1. The van der Waals surface area contributed by atoms with E-state index in [1.54, 1.807) is 4.90 Å². The summed E-state index contributed by atoms with van der Waals surface area (Å²) >= 11 is 4.22. The van der Waals surface area contributed by atoms with Gasteiger partial charge in [0.15, 0.2) is 10.3 Å². The normalized spacial score (nSPS) is 17.8. The first-order chi connectivity index (χ1) is 11.5. The Kier molecular flexibility index (Phi) is 3.69. The molecule has 8 heteroatoms. The zero-order valence-electron chi connectivity index (χ0n) is 12.5. The molecule has 1 fully saturated rings. The van der Waals surface area contributed by atoms with Gasteiger partial charge in [0.2, 0.25) is 5.91 Å².